The normalized spacial score (nSPS) is 13.5. The van der Waals surface area contributed by atoms with Crippen molar-refractivity contribution in [2.45, 2.75) is 33.6 Å². The average molecular weight is 542 g/mol. The first-order chi connectivity index (χ1) is 19.4. The fourth-order valence-corrected chi connectivity index (χ4v) is 5.44. The molecule has 4 aromatic heterocycles. The number of hydrogen-bond acceptors (Lipinski definition) is 8. The lowest BCUT2D eigenvalue weighted by molar-refractivity contribution is 0.0296. The zero-order chi connectivity index (χ0) is 28.4. The number of pyridine rings is 3. The first-order valence-electron chi connectivity index (χ1n) is 13.5. The SMILES string of the molecule is CCCc1nc(Nc2cc(-c3cnccc3OC)nc(C)c2C=N)cc2c1c(C)c(C(=O)N1CCOCC1)n2C. The molecule has 0 saturated carbocycles. The number of nitrogens with zero attached hydrogens (tertiary/aromatic N) is 5. The smallest absolute Gasteiger partial charge is 0.270 e. The van der Waals surface area contributed by atoms with E-state index in [1.165, 1.54) is 6.21 Å². The van der Waals surface area contributed by atoms with Gasteiger partial charge in [0.25, 0.3) is 5.91 Å². The predicted octanol–water partition coefficient (Wildman–Crippen LogP) is 4.82. The molecule has 0 radical (unpaired) electrons. The third-order valence-corrected chi connectivity index (χ3v) is 7.42. The number of fused-ring (bicyclic) bond motifs is 1. The molecule has 1 aliphatic heterocycles. The van der Waals surface area contributed by atoms with Crippen LogP contribution in [0.15, 0.2) is 30.6 Å². The lowest BCUT2D eigenvalue weighted by Gasteiger charge is -2.27. The number of aromatic nitrogens is 4. The van der Waals surface area contributed by atoms with E-state index in [2.05, 4.69) is 17.2 Å². The first-order valence-corrected chi connectivity index (χ1v) is 13.5. The van der Waals surface area contributed by atoms with Crippen LogP contribution in [0.2, 0.25) is 0 Å². The standard InChI is InChI=1S/C30H35N7O3/c1-6-7-22-28-18(2)29(30(38)37-10-12-40-13-11-37)36(4)25(28)15-27(34-22)35-23-14-24(33-19(3)20(23)16-31)21-17-32-9-8-26(21)39-5/h8-9,14-17,31H,6-7,10-13H2,1-5H3,(H,33,34,35). The van der Waals surface area contributed by atoms with Gasteiger partial charge in [-0.2, -0.15) is 0 Å². The molecule has 4 aromatic rings. The van der Waals surface area contributed by atoms with Crippen molar-refractivity contribution < 1.29 is 14.3 Å². The Balaban J connectivity index is 1.62. The van der Waals surface area contributed by atoms with Crippen LogP contribution < -0.4 is 10.1 Å². The highest BCUT2D eigenvalue weighted by molar-refractivity contribution is 6.03. The van der Waals surface area contributed by atoms with E-state index in [9.17, 15) is 4.79 Å². The van der Waals surface area contributed by atoms with Crippen LogP contribution in [0.1, 0.15) is 46.3 Å². The number of aryl methyl sites for hydroxylation is 4. The van der Waals surface area contributed by atoms with Crippen LogP contribution in [0.3, 0.4) is 0 Å². The minimum absolute atomic E-state index is 0.0161. The molecule has 10 nitrogen and oxygen atoms in total. The molecule has 1 saturated heterocycles. The number of carbonyl (C=O) groups is 1. The van der Waals surface area contributed by atoms with Gasteiger partial charge < -0.3 is 29.7 Å². The highest BCUT2D eigenvalue weighted by atomic mass is 16.5. The molecule has 0 unspecified atom stereocenters. The number of methoxy groups -OCH3 is 1. The summed E-state index contributed by atoms with van der Waals surface area (Å²) in [4.78, 5) is 29.4. The van der Waals surface area contributed by atoms with Gasteiger partial charge in [0, 0.05) is 61.5 Å². The summed E-state index contributed by atoms with van der Waals surface area (Å²) in [5.41, 5.74) is 7.00. The molecule has 0 aliphatic carbocycles. The van der Waals surface area contributed by atoms with E-state index in [1.54, 1.807) is 25.6 Å². The summed E-state index contributed by atoms with van der Waals surface area (Å²) in [5, 5.41) is 12.6. The summed E-state index contributed by atoms with van der Waals surface area (Å²) in [6.45, 7) is 8.30. The van der Waals surface area contributed by atoms with Crippen molar-refractivity contribution in [2.24, 2.45) is 7.05 Å². The second-order valence-electron chi connectivity index (χ2n) is 9.93. The Morgan fingerprint density at radius 2 is 2.00 bits per heavy atom. The van der Waals surface area contributed by atoms with Crippen LogP contribution in [0.25, 0.3) is 22.2 Å². The number of anilines is 2. The van der Waals surface area contributed by atoms with Gasteiger partial charge in [0.15, 0.2) is 0 Å². The van der Waals surface area contributed by atoms with Gasteiger partial charge in [0.1, 0.15) is 17.3 Å². The van der Waals surface area contributed by atoms with Crippen molar-refractivity contribution in [3.8, 4) is 17.0 Å². The number of morpholine rings is 1. The van der Waals surface area contributed by atoms with Crippen molar-refractivity contribution in [1.29, 1.82) is 5.41 Å². The fourth-order valence-electron chi connectivity index (χ4n) is 5.44. The van der Waals surface area contributed by atoms with Gasteiger partial charge in [-0.15, -0.1) is 0 Å². The maximum absolute atomic E-state index is 13.6. The van der Waals surface area contributed by atoms with E-state index in [0.29, 0.717) is 66.2 Å². The van der Waals surface area contributed by atoms with Crippen LogP contribution in [0, 0.1) is 19.3 Å². The third kappa shape index (κ3) is 4.90. The highest BCUT2D eigenvalue weighted by Gasteiger charge is 2.27. The molecule has 0 aromatic carbocycles. The van der Waals surface area contributed by atoms with E-state index >= 15 is 0 Å². The highest BCUT2D eigenvalue weighted by Crippen LogP contribution is 2.34. The third-order valence-electron chi connectivity index (χ3n) is 7.42. The number of carbonyl (C=O) groups excluding carboxylic acids is 1. The first kappa shape index (κ1) is 27.3. The number of ether oxygens (including phenoxy) is 2. The van der Waals surface area contributed by atoms with Crippen LogP contribution in [-0.2, 0) is 18.2 Å². The molecule has 208 valence electrons. The largest absolute Gasteiger partial charge is 0.496 e. The van der Waals surface area contributed by atoms with E-state index in [-0.39, 0.29) is 5.91 Å². The summed E-state index contributed by atoms with van der Waals surface area (Å²) in [7, 11) is 3.56. The molecule has 1 fully saturated rings. The Labute approximate surface area is 233 Å². The zero-order valence-corrected chi connectivity index (χ0v) is 23.7. The van der Waals surface area contributed by atoms with Crippen LogP contribution in [-0.4, -0.2) is 70.0 Å². The molecule has 0 atom stereocenters. The summed E-state index contributed by atoms with van der Waals surface area (Å²) in [5.74, 6) is 1.32. The Morgan fingerprint density at radius 3 is 2.70 bits per heavy atom. The van der Waals surface area contributed by atoms with Crippen molar-refractivity contribution in [1.82, 2.24) is 24.4 Å². The minimum atomic E-state index is 0.0161. The Morgan fingerprint density at radius 1 is 1.23 bits per heavy atom. The number of rotatable bonds is 8. The minimum Gasteiger partial charge on any atom is -0.496 e. The van der Waals surface area contributed by atoms with Gasteiger partial charge >= 0.3 is 0 Å². The summed E-state index contributed by atoms with van der Waals surface area (Å²) in [6.07, 6.45) is 6.38. The van der Waals surface area contributed by atoms with E-state index in [0.717, 1.165) is 40.6 Å². The monoisotopic (exact) mass is 541 g/mol. The predicted molar refractivity (Wildman–Crippen MR) is 156 cm³/mol. The average Bonchev–Trinajstić information content (AvgIpc) is 3.22. The molecule has 40 heavy (non-hydrogen) atoms. The summed E-state index contributed by atoms with van der Waals surface area (Å²) in [6, 6.07) is 5.66. The lowest BCUT2D eigenvalue weighted by Crippen LogP contribution is -2.41. The van der Waals surface area contributed by atoms with Crippen molar-refractivity contribution in [3.63, 3.8) is 0 Å². The maximum Gasteiger partial charge on any atom is 0.270 e. The van der Waals surface area contributed by atoms with Gasteiger partial charge in [-0.25, -0.2) is 4.98 Å². The fraction of sp³-hybridized carbons (Fsp3) is 0.367. The molecular formula is C30H35N7O3. The summed E-state index contributed by atoms with van der Waals surface area (Å²) < 4.78 is 13.0. The second-order valence-corrected chi connectivity index (χ2v) is 9.93. The lowest BCUT2D eigenvalue weighted by atomic mass is 10.1. The zero-order valence-electron chi connectivity index (χ0n) is 23.7. The quantitative estimate of drug-likeness (QED) is 0.307. The van der Waals surface area contributed by atoms with Crippen LogP contribution in [0.4, 0.5) is 11.5 Å². The van der Waals surface area contributed by atoms with Crippen molar-refractivity contribution >= 4 is 34.5 Å². The summed E-state index contributed by atoms with van der Waals surface area (Å²) >= 11 is 0. The van der Waals surface area contributed by atoms with Crippen LogP contribution in [0.5, 0.6) is 5.75 Å². The van der Waals surface area contributed by atoms with Gasteiger partial charge in [0.05, 0.1) is 48.5 Å². The molecule has 10 heteroatoms. The molecule has 0 bridgehead atoms. The molecule has 0 spiro atoms. The van der Waals surface area contributed by atoms with E-state index in [1.807, 2.05) is 42.5 Å². The number of nitrogens with one attached hydrogen (secondary N) is 2. The molecule has 5 rings (SSSR count). The van der Waals surface area contributed by atoms with Gasteiger partial charge in [-0.05, 0) is 38.0 Å². The van der Waals surface area contributed by atoms with Crippen LogP contribution >= 0.6 is 0 Å². The Bertz CT molecular complexity index is 1590. The van der Waals surface area contributed by atoms with Crippen molar-refractivity contribution in [2.75, 3.05) is 38.7 Å². The molecular weight excluding hydrogens is 506 g/mol. The van der Waals surface area contributed by atoms with Crippen molar-refractivity contribution in [3.05, 3.63) is 58.8 Å². The second kappa shape index (κ2) is 11.4. The van der Waals surface area contributed by atoms with E-state index in [4.69, 9.17) is 24.9 Å². The molecule has 5 heterocycles. The number of hydrogen-bond donors (Lipinski definition) is 2. The number of amides is 1. The molecule has 1 amide bonds. The topological polar surface area (TPSA) is 118 Å². The Kier molecular flexibility index (Phi) is 7.79. The van der Waals surface area contributed by atoms with Gasteiger partial charge in [-0.3, -0.25) is 14.8 Å². The van der Waals surface area contributed by atoms with Gasteiger partial charge in [-0.1, -0.05) is 13.3 Å². The maximum atomic E-state index is 13.6. The van der Waals surface area contributed by atoms with Gasteiger partial charge in [0.2, 0.25) is 0 Å². The van der Waals surface area contributed by atoms with E-state index < -0.39 is 0 Å². The Hall–Kier alpha value is -4.31. The molecule has 2 N–H and O–H groups in total. The molecule has 1 aliphatic rings.